The SMILES string of the molecule is CCC(C)C(NC(=O)C(N)Cc1cnc[nH]1)C(=O)NC(C(=O)NCC(=O)O)C(C)C. The highest BCUT2D eigenvalue weighted by Gasteiger charge is 2.32. The van der Waals surface area contributed by atoms with Crippen LogP contribution < -0.4 is 21.7 Å². The molecule has 168 valence electrons. The molecule has 0 saturated carbocycles. The molecule has 4 unspecified atom stereocenters. The third-order valence-corrected chi connectivity index (χ3v) is 4.79. The van der Waals surface area contributed by atoms with E-state index in [9.17, 15) is 19.2 Å². The van der Waals surface area contributed by atoms with E-state index in [4.69, 9.17) is 10.8 Å². The van der Waals surface area contributed by atoms with E-state index in [1.165, 1.54) is 6.33 Å². The maximum Gasteiger partial charge on any atom is 0.322 e. The van der Waals surface area contributed by atoms with Gasteiger partial charge in [-0.05, 0) is 11.8 Å². The lowest BCUT2D eigenvalue weighted by Gasteiger charge is -2.28. The molecular weight excluding hydrogens is 392 g/mol. The number of amides is 3. The Morgan fingerprint density at radius 3 is 2.23 bits per heavy atom. The number of nitrogens with two attached hydrogens (primary N) is 1. The zero-order chi connectivity index (χ0) is 22.8. The first-order valence-electron chi connectivity index (χ1n) is 9.89. The van der Waals surface area contributed by atoms with E-state index in [2.05, 4.69) is 25.9 Å². The molecule has 0 radical (unpaired) electrons. The van der Waals surface area contributed by atoms with Gasteiger partial charge in [0, 0.05) is 18.3 Å². The number of hydrogen-bond donors (Lipinski definition) is 6. The number of carbonyl (C=O) groups is 4. The van der Waals surface area contributed by atoms with Crippen LogP contribution in [0.25, 0.3) is 0 Å². The topological polar surface area (TPSA) is 179 Å². The van der Waals surface area contributed by atoms with E-state index in [-0.39, 0.29) is 18.3 Å². The Labute approximate surface area is 175 Å². The predicted octanol–water partition coefficient (Wildman–Crippen LogP) is -0.848. The van der Waals surface area contributed by atoms with Crippen LogP contribution in [0.4, 0.5) is 0 Å². The summed E-state index contributed by atoms with van der Waals surface area (Å²) in [6, 6.07) is -2.73. The van der Waals surface area contributed by atoms with Crippen molar-refractivity contribution >= 4 is 23.7 Å². The molecule has 3 amide bonds. The van der Waals surface area contributed by atoms with E-state index in [1.807, 2.05) is 6.92 Å². The zero-order valence-corrected chi connectivity index (χ0v) is 17.8. The molecule has 0 fully saturated rings. The molecule has 0 aliphatic heterocycles. The van der Waals surface area contributed by atoms with Crippen molar-refractivity contribution in [2.24, 2.45) is 17.6 Å². The summed E-state index contributed by atoms with van der Waals surface area (Å²) < 4.78 is 0. The Morgan fingerprint density at radius 1 is 1.10 bits per heavy atom. The molecule has 0 aliphatic carbocycles. The van der Waals surface area contributed by atoms with Gasteiger partial charge in [0.1, 0.15) is 18.6 Å². The number of rotatable bonds is 12. The molecule has 0 spiro atoms. The molecule has 0 aromatic carbocycles. The van der Waals surface area contributed by atoms with Crippen molar-refractivity contribution in [1.29, 1.82) is 0 Å². The van der Waals surface area contributed by atoms with Crippen LogP contribution in [0.5, 0.6) is 0 Å². The number of nitrogens with zero attached hydrogens (tertiary/aromatic N) is 1. The van der Waals surface area contributed by atoms with Gasteiger partial charge in [0.15, 0.2) is 0 Å². The van der Waals surface area contributed by atoms with Crippen LogP contribution in [0.2, 0.25) is 0 Å². The van der Waals surface area contributed by atoms with E-state index in [0.717, 1.165) is 0 Å². The lowest BCUT2D eigenvalue weighted by atomic mass is 9.96. The monoisotopic (exact) mass is 424 g/mol. The predicted molar refractivity (Wildman–Crippen MR) is 109 cm³/mol. The second-order valence-electron chi connectivity index (χ2n) is 7.60. The lowest BCUT2D eigenvalue weighted by Crippen LogP contribution is -2.59. The van der Waals surface area contributed by atoms with Gasteiger partial charge in [-0.3, -0.25) is 19.2 Å². The van der Waals surface area contributed by atoms with Crippen molar-refractivity contribution in [2.75, 3.05) is 6.54 Å². The second-order valence-corrected chi connectivity index (χ2v) is 7.60. The van der Waals surface area contributed by atoms with E-state index in [0.29, 0.717) is 12.1 Å². The van der Waals surface area contributed by atoms with Crippen molar-refractivity contribution < 1.29 is 24.3 Å². The minimum absolute atomic E-state index is 0.219. The quantitative estimate of drug-likeness (QED) is 0.253. The second kappa shape index (κ2) is 11.9. The van der Waals surface area contributed by atoms with Gasteiger partial charge in [-0.25, -0.2) is 4.98 Å². The fourth-order valence-electron chi connectivity index (χ4n) is 2.74. The summed E-state index contributed by atoms with van der Waals surface area (Å²) in [6.45, 7) is 6.58. The molecule has 1 heterocycles. The first kappa shape index (κ1) is 25.1. The molecule has 1 rings (SSSR count). The summed E-state index contributed by atoms with van der Waals surface area (Å²) in [4.78, 5) is 55.2. The number of carboxylic acid groups (broad SMARTS) is 1. The molecule has 0 saturated heterocycles. The number of nitrogens with one attached hydrogen (secondary N) is 4. The van der Waals surface area contributed by atoms with Gasteiger partial charge in [0.05, 0.1) is 12.4 Å². The maximum atomic E-state index is 12.9. The smallest absolute Gasteiger partial charge is 0.322 e. The van der Waals surface area contributed by atoms with Crippen molar-refractivity contribution in [3.8, 4) is 0 Å². The van der Waals surface area contributed by atoms with Crippen molar-refractivity contribution in [3.05, 3.63) is 18.2 Å². The van der Waals surface area contributed by atoms with Crippen molar-refractivity contribution in [3.63, 3.8) is 0 Å². The third-order valence-electron chi connectivity index (χ3n) is 4.79. The van der Waals surface area contributed by atoms with Crippen LogP contribution in [0.3, 0.4) is 0 Å². The number of hydrogen-bond acceptors (Lipinski definition) is 6. The maximum absolute atomic E-state index is 12.9. The van der Waals surface area contributed by atoms with Gasteiger partial charge >= 0.3 is 5.97 Å². The number of imidazole rings is 1. The number of aliphatic carboxylic acids is 1. The minimum Gasteiger partial charge on any atom is -0.480 e. The van der Waals surface area contributed by atoms with E-state index < -0.39 is 48.4 Å². The lowest BCUT2D eigenvalue weighted by molar-refractivity contribution is -0.139. The Bertz CT molecular complexity index is 721. The number of carboxylic acids is 1. The molecule has 11 heteroatoms. The number of aromatic nitrogens is 2. The van der Waals surface area contributed by atoms with Crippen LogP contribution in [-0.4, -0.2) is 63.4 Å². The Morgan fingerprint density at radius 2 is 1.73 bits per heavy atom. The fraction of sp³-hybridized carbons (Fsp3) is 0.632. The number of carbonyl (C=O) groups excluding carboxylic acids is 3. The Balaban J connectivity index is 2.84. The molecule has 0 aliphatic rings. The summed E-state index contributed by atoms with van der Waals surface area (Å²) in [5.74, 6) is -3.34. The van der Waals surface area contributed by atoms with Gasteiger partial charge in [-0.1, -0.05) is 34.1 Å². The normalized spacial score (nSPS) is 15.0. The van der Waals surface area contributed by atoms with Crippen LogP contribution in [-0.2, 0) is 25.6 Å². The highest BCUT2D eigenvalue weighted by Crippen LogP contribution is 2.11. The van der Waals surface area contributed by atoms with E-state index >= 15 is 0 Å². The molecule has 4 atom stereocenters. The summed E-state index contributed by atoms with van der Waals surface area (Å²) in [5, 5.41) is 16.3. The van der Waals surface area contributed by atoms with Gasteiger partial charge in [0.2, 0.25) is 17.7 Å². The summed E-state index contributed by atoms with van der Waals surface area (Å²) in [6.07, 6.45) is 3.88. The first-order chi connectivity index (χ1) is 14.1. The molecule has 0 bridgehead atoms. The van der Waals surface area contributed by atoms with Gasteiger partial charge in [0.25, 0.3) is 0 Å². The Hall–Kier alpha value is -2.95. The van der Waals surface area contributed by atoms with Crippen LogP contribution in [0.1, 0.15) is 39.8 Å². The van der Waals surface area contributed by atoms with Crippen molar-refractivity contribution in [1.82, 2.24) is 25.9 Å². The molecular formula is C19H32N6O5. The van der Waals surface area contributed by atoms with Gasteiger partial charge in [-0.15, -0.1) is 0 Å². The highest BCUT2D eigenvalue weighted by atomic mass is 16.4. The molecule has 7 N–H and O–H groups in total. The molecule has 30 heavy (non-hydrogen) atoms. The van der Waals surface area contributed by atoms with Crippen LogP contribution in [0, 0.1) is 11.8 Å². The molecule has 1 aromatic heterocycles. The number of H-pyrrole nitrogens is 1. The summed E-state index contributed by atoms with van der Waals surface area (Å²) in [5.41, 5.74) is 6.64. The fourth-order valence-corrected chi connectivity index (χ4v) is 2.74. The number of aromatic amines is 1. The average molecular weight is 425 g/mol. The minimum atomic E-state index is -1.19. The largest absolute Gasteiger partial charge is 0.480 e. The molecule has 1 aromatic rings. The summed E-state index contributed by atoms with van der Waals surface area (Å²) in [7, 11) is 0. The first-order valence-corrected chi connectivity index (χ1v) is 9.89. The standard InChI is InChI=1S/C19H32N6O5/c1-5-11(4)16(25-17(28)13(20)6-12-7-21-9-23-12)19(30)24-15(10(2)3)18(29)22-8-14(26)27/h7,9-11,13,15-16H,5-6,8,20H2,1-4H3,(H,21,23)(H,22,29)(H,24,30)(H,25,28)(H,26,27). The van der Waals surface area contributed by atoms with E-state index in [1.54, 1.807) is 27.0 Å². The summed E-state index contributed by atoms with van der Waals surface area (Å²) >= 11 is 0. The molecule has 11 nitrogen and oxygen atoms in total. The van der Waals surface area contributed by atoms with Gasteiger partial charge in [-0.2, -0.15) is 0 Å². The highest BCUT2D eigenvalue weighted by molar-refractivity contribution is 5.94. The average Bonchev–Trinajstić information content (AvgIpc) is 3.19. The van der Waals surface area contributed by atoms with Crippen molar-refractivity contribution in [2.45, 2.75) is 58.7 Å². The zero-order valence-electron chi connectivity index (χ0n) is 17.8. The third kappa shape index (κ3) is 7.82. The van der Waals surface area contributed by atoms with Gasteiger partial charge < -0.3 is 31.8 Å². The van der Waals surface area contributed by atoms with Crippen LogP contribution in [0.15, 0.2) is 12.5 Å². The van der Waals surface area contributed by atoms with Crippen LogP contribution >= 0.6 is 0 Å². The Kier molecular flexibility index (Phi) is 9.96.